The maximum Gasteiger partial charge on any atom is 0.222 e. The lowest BCUT2D eigenvalue weighted by Gasteiger charge is -2.23. The number of amides is 1. The van der Waals surface area contributed by atoms with Gasteiger partial charge >= 0.3 is 0 Å². The summed E-state index contributed by atoms with van der Waals surface area (Å²) in [7, 11) is 3.62. The second kappa shape index (κ2) is 6.50. The van der Waals surface area contributed by atoms with Gasteiger partial charge in [0.05, 0.1) is 0 Å². The molecule has 0 aliphatic carbocycles. The Kier molecular flexibility index (Phi) is 5.62. The molecule has 0 aromatic carbocycles. The molecule has 4 heteroatoms. The molecule has 94 valence electrons. The quantitative estimate of drug-likeness (QED) is 0.722. The minimum atomic E-state index is 0.225. The molecule has 16 heavy (non-hydrogen) atoms. The summed E-state index contributed by atoms with van der Waals surface area (Å²) in [5.41, 5.74) is 0. The maximum absolute atomic E-state index is 11.3. The number of nitrogens with one attached hydrogen (secondary N) is 1. The van der Waals surface area contributed by atoms with Crippen LogP contribution in [-0.4, -0.2) is 48.5 Å². The lowest BCUT2D eigenvalue weighted by atomic mass is 10.1. The number of hydrogen-bond acceptors (Lipinski definition) is 3. The zero-order valence-electron chi connectivity index (χ0n) is 10.7. The van der Waals surface area contributed by atoms with Crippen LogP contribution in [0.3, 0.4) is 0 Å². The van der Waals surface area contributed by atoms with Crippen molar-refractivity contribution < 1.29 is 4.79 Å². The summed E-state index contributed by atoms with van der Waals surface area (Å²) in [6.07, 6.45) is 4.27. The topological polar surface area (TPSA) is 32.3 Å². The summed E-state index contributed by atoms with van der Waals surface area (Å²) in [5, 5.41) is 3.47. The Balaban J connectivity index is 2.01. The lowest BCUT2D eigenvalue weighted by molar-refractivity contribution is -0.128. The normalized spacial score (nSPS) is 24.7. The van der Waals surface area contributed by atoms with Gasteiger partial charge in [0.25, 0.3) is 0 Å². The molecule has 0 bridgehead atoms. The predicted molar refractivity (Wildman–Crippen MR) is 70.9 cm³/mol. The Morgan fingerprint density at radius 1 is 1.50 bits per heavy atom. The van der Waals surface area contributed by atoms with Crippen LogP contribution in [0.5, 0.6) is 0 Å². The van der Waals surface area contributed by atoms with Crippen LogP contribution in [0.1, 0.15) is 32.6 Å². The number of hydrogen-bond donors (Lipinski definition) is 1. The molecule has 1 atom stereocenters. The third-order valence-electron chi connectivity index (χ3n) is 3.04. The standard InChI is InChI=1S/C12H24N2OS/c1-12(7-5-9-16-12)10-13-8-4-6-11(15)14(2)3/h13H,4-10H2,1-3H3. The molecule has 0 saturated carbocycles. The van der Waals surface area contributed by atoms with Crippen molar-refractivity contribution >= 4 is 17.7 Å². The highest BCUT2D eigenvalue weighted by atomic mass is 32.2. The first kappa shape index (κ1) is 13.8. The van der Waals surface area contributed by atoms with Gasteiger partial charge in [-0.2, -0.15) is 11.8 Å². The van der Waals surface area contributed by atoms with Crippen LogP contribution >= 0.6 is 11.8 Å². The molecule has 0 radical (unpaired) electrons. The van der Waals surface area contributed by atoms with E-state index in [9.17, 15) is 4.79 Å². The molecule has 1 aliphatic heterocycles. The number of carbonyl (C=O) groups excluding carboxylic acids is 1. The summed E-state index contributed by atoms with van der Waals surface area (Å²) < 4.78 is 0.436. The molecule has 0 spiro atoms. The SMILES string of the molecule is CN(C)C(=O)CCCNCC1(C)CCCS1. The van der Waals surface area contributed by atoms with Crippen LogP contribution in [0.2, 0.25) is 0 Å². The van der Waals surface area contributed by atoms with Gasteiger partial charge in [-0.1, -0.05) is 0 Å². The highest BCUT2D eigenvalue weighted by Crippen LogP contribution is 2.36. The molecule has 1 saturated heterocycles. The van der Waals surface area contributed by atoms with Crippen molar-refractivity contribution in [1.82, 2.24) is 10.2 Å². The van der Waals surface area contributed by atoms with E-state index in [-0.39, 0.29) is 5.91 Å². The monoisotopic (exact) mass is 244 g/mol. The number of nitrogens with zero attached hydrogens (tertiary/aromatic N) is 1. The Bertz CT molecular complexity index is 225. The number of carbonyl (C=O) groups is 1. The lowest BCUT2D eigenvalue weighted by Crippen LogP contribution is -2.33. The van der Waals surface area contributed by atoms with E-state index in [0.717, 1.165) is 19.5 Å². The van der Waals surface area contributed by atoms with Gasteiger partial charge in [-0.05, 0) is 38.5 Å². The fourth-order valence-electron chi connectivity index (χ4n) is 1.92. The van der Waals surface area contributed by atoms with Gasteiger partial charge in [0, 0.05) is 31.8 Å². The average Bonchev–Trinajstić information content (AvgIpc) is 2.64. The minimum Gasteiger partial charge on any atom is -0.349 e. The van der Waals surface area contributed by atoms with Gasteiger partial charge in [-0.15, -0.1) is 0 Å². The molecule has 0 aromatic rings. The van der Waals surface area contributed by atoms with Crippen LogP contribution in [-0.2, 0) is 4.79 Å². The minimum absolute atomic E-state index is 0.225. The molecular weight excluding hydrogens is 220 g/mol. The van der Waals surface area contributed by atoms with Crippen molar-refractivity contribution in [2.24, 2.45) is 0 Å². The Morgan fingerprint density at radius 3 is 2.81 bits per heavy atom. The van der Waals surface area contributed by atoms with Crippen molar-refractivity contribution in [1.29, 1.82) is 0 Å². The van der Waals surface area contributed by atoms with Gasteiger partial charge in [-0.3, -0.25) is 4.79 Å². The molecular formula is C12H24N2OS. The Hall–Kier alpha value is -0.220. The van der Waals surface area contributed by atoms with Gasteiger partial charge < -0.3 is 10.2 Å². The largest absolute Gasteiger partial charge is 0.349 e. The molecule has 3 nitrogen and oxygen atoms in total. The highest BCUT2D eigenvalue weighted by molar-refractivity contribution is 8.00. The molecule has 1 rings (SSSR count). The summed E-state index contributed by atoms with van der Waals surface area (Å²) in [5.74, 6) is 1.53. The zero-order chi connectivity index (χ0) is 12.0. The van der Waals surface area contributed by atoms with Gasteiger partial charge in [0.2, 0.25) is 5.91 Å². The van der Waals surface area contributed by atoms with E-state index in [1.807, 2.05) is 14.1 Å². The first-order valence-electron chi connectivity index (χ1n) is 6.08. The maximum atomic E-state index is 11.3. The summed E-state index contributed by atoms with van der Waals surface area (Å²) in [6.45, 7) is 4.37. The van der Waals surface area contributed by atoms with Crippen molar-refractivity contribution in [3.63, 3.8) is 0 Å². The van der Waals surface area contributed by atoms with Crippen molar-refractivity contribution in [2.45, 2.75) is 37.4 Å². The molecule has 1 fully saturated rings. The number of rotatable bonds is 6. The van der Waals surface area contributed by atoms with Crippen LogP contribution in [0.15, 0.2) is 0 Å². The fraction of sp³-hybridized carbons (Fsp3) is 0.917. The molecule has 1 aliphatic rings. The van der Waals surface area contributed by atoms with Crippen LogP contribution in [0.4, 0.5) is 0 Å². The van der Waals surface area contributed by atoms with Crippen molar-refractivity contribution in [3.05, 3.63) is 0 Å². The van der Waals surface area contributed by atoms with E-state index in [4.69, 9.17) is 0 Å². The van der Waals surface area contributed by atoms with Crippen LogP contribution in [0, 0.1) is 0 Å². The highest BCUT2D eigenvalue weighted by Gasteiger charge is 2.28. The van der Waals surface area contributed by atoms with E-state index >= 15 is 0 Å². The van der Waals surface area contributed by atoms with Gasteiger partial charge in [0.1, 0.15) is 0 Å². The summed E-state index contributed by atoms with van der Waals surface area (Å²) in [4.78, 5) is 13.0. The molecule has 1 heterocycles. The summed E-state index contributed by atoms with van der Waals surface area (Å²) >= 11 is 2.08. The van der Waals surface area contributed by atoms with E-state index in [0.29, 0.717) is 11.2 Å². The van der Waals surface area contributed by atoms with E-state index < -0.39 is 0 Å². The molecule has 0 aromatic heterocycles. The third kappa shape index (κ3) is 4.74. The second-order valence-electron chi connectivity index (χ2n) is 4.97. The van der Waals surface area contributed by atoms with E-state index in [1.54, 1.807) is 4.90 Å². The molecule has 1 amide bonds. The Morgan fingerprint density at radius 2 is 2.25 bits per heavy atom. The average molecular weight is 244 g/mol. The van der Waals surface area contributed by atoms with E-state index in [2.05, 4.69) is 24.0 Å². The molecule has 1 unspecified atom stereocenters. The van der Waals surface area contributed by atoms with Gasteiger partial charge in [-0.25, -0.2) is 0 Å². The smallest absolute Gasteiger partial charge is 0.222 e. The van der Waals surface area contributed by atoms with Gasteiger partial charge in [0.15, 0.2) is 0 Å². The van der Waals surface area contributed by atoms with Crippen LogP contribution in [0.25, 0.3) is 0 Å². The first-order valence-corrected chi connectivity index (χ1v) is 7.07. The third-order valence-corrected chi connectivity index (χ3v) is 4.58. The zero-order valence-corrected chi connectivity index (χ0v) is 11.5. The predicted octanol–water partition coefficient (Wildman–Crippen LogP) is 1.73. The second-order valence-corrected chi connectivity index (χ2v) is 6.65. The summed E-state index contributed by atoms with van der Waals surface area (Å²) in [6, 6.07) is 0. The van der Waals surface area contributed by atoms with Crippen LogP contribution < -0.4 is 5.32 Å². The van der Waals surface area contributed by atoms with Crippen molar-refractivity contribution in [2.75, 3.05) is 32.9 Å². The Labute approximate surface area is 103 Å². The molecule has 1 N–H and O–H groups in total. The van der Waals surface area contributed by atoms with Crippen molar-refractivity contribution in [3.8, 4) is 0 Å². The fourth-order valence-corrected chi connectivity index (χ4v) is 3.19. The first-order chi connectivity index (χ1) is 7.53. The number of thioether (sulfide) groups is 1. The van der Waals surface area contributed by atoms with E-state index in [1.165, 1.54) is 18.6 Å².